The number of likely N-dealkylation sites (tertiary alicyclic amines) is 1. The summed E-state index contributed by atoms with van der Waals surface area (Å²) in [5.41, 5.74) is 0. The molecule has 0 unspecified atom stereocenters. The van der Waals surface area contributed by atoms with Crippen LogP contribution in [-0.4, -0.2) is 74.8 Å². The summed E-state index contributed by atoms with van der Waals surface area (Å²) in [6, 6.07) is 0. The number of unbranched alkanes of at least 4 members (excludes halogenated alkanes) is 1. The summed E-state index contributed by atoms with van der Waals surface area (Å²) < 4.78 is 5.71. The van der Waals surface area contributed by atoms with Crippen molar-refractivity contribution in [2.24, 2.45) is 4.99 Å². The lowest BCUT2D eigenvalue weighted by molar-refractivity contribution is 0.0264. The van der Waals surface area contributed by atoms with Crippen LogP contribution in [-0.2, 0) is 4.74 Å². The normalized spacial score (nSPS) is 17.3. The van der Waals surface area contributed by atoms with Gasteiger partial charge in [0, 0.05) is 33.3 Å². The van der Waals surface area contributed by atoms with Crippen LogP contribution in [0.1, 0.15) is 46.5 Å². The fraction of sp³-hybridized carbons (Fsp3) is 0.941. The maximum atomic E-state index is 5.71. The fourth-order valence-electron chi connectivity index (χ4n) is 3.00. The van der Waals surface area contributed by atoms with Gasteiger partial charge in [0.05, 0.1) is 6.10 Å². The second-order valence-corrected chi connectivity index (χ2v) is 5.85. The number of nitrogens with zero attached hydrogens (tertiary/aromatic N) is 3. The van der Waals surface area contributed by atoms with E-state index in [-0.39, 0.29) is 0 Å². The number of guanidine groups is 1. The number of rotatable bonds is 9. The molecule has 0 saturated carbocycles. The average Bonchev–Trinajstić information content (AvgIpc) is 2.56. The van der Waals surface area contributed by atoms with Gasteiger partial charge in [0.1, 0.15) is 0 Å². The molecule has 1 rings (SSSR count). The van der Waals surface area contributed by atoms with Gasteiger partial charge in [-0.1, -0.05) is 13.8 Å². The number of aliphatic imine (C=N–C) groups is 1. The number of nitrogens with one attached hydrogen (secondary N) is 1. The van der Waals surface area contributed by atoms with Crippen molar-refractivity contribution in [3.63, 3.8) is 0 Å². The average molecular weight is 313 g/mol. The third-order valence-corrected chi connectivity index (χ3v) is 4.43. The highest BCUT2D eigenvalue weighted by Crippen LogP contribution is 2.13. The van der Waals surface area contributed by atoms with Crippen LogP contribution in [0, 0.1) is 0 Å². The van der Waals surface area contributed by atoms with E-state index in [1.54, 1.807) is 0 Å². The molecule has 0 aromatic carbocycles. The molecule has 0 spiro atoms. The Balaban J connectivity index is 2.18. The Labute approximate surface area is 137 Å². The molecule has 1 fully saturated rings. The first-order valence-electron chi connectivity index (χ1n) is 9.04. The van der Waals surface area contributed by atoms with Crippen LogP contribution in [0.4, 0.5) is 0 Å². The smallest absolute Gasteiger partial charge is 0.193 e. The van der Waals surface area contributed by atoms with Crippen molar-refractivity contribution < 1.29 is 4.74 Å². The van der Waals surface area contributed by atoms with Gasteiger partial charge in [0.2, 0.25) is 0 Å². The number of piperidine rings is 1. The van der Waals surface area contributed by atoms with Gasteiger partial charge >= 0.3 is 0 Å². The van der Waals surface area contributed by atoms with Crippen molar-refractivity contribution in [1.82, 2.24) is 15.1 Å². The molecule has 0 amide bonds. The Kier molecular flexibility index (Phi) is 10.2. The van der Waals surface area contributed by atoms with E-state index < -0.39 is 0 Å². The van der Waals surface area contributed by atoms with E-state index in [1.165, 1.54) is 19.4 Å². The largest absolute Gasteiger partial charge is 0.378 e. The molecule has 0 bridgehead atoms. The van der Waals surface area contributed by atoms with Gasteiger partial charge in [-0.2, -0.15) is 0 Å². The third kappa shape index (κ3) is 6.97. The molecule has 0 aromatic rings. The lowest BCUT2D eigenvalue weighted by Crippen LogP contribution is -2.47. The molecule has 1 saturated heterocycles. The van der Waals surface area contributed by atoms with Crippen LogP contribution < -0.4 is 5.32 Å². The van der Waals surface area contributed by atoms with Crippen molar-refractivity contribution in [3.8, 4) is 0 Å². The SMILES string of the molecule is CCOC1CCN(C(=NC)NCCCCN(CC)CC)CC1. The summed E-state index contributed by atoms with van der Waals surface area (Å²) in [6.07, 6.45) is 5.10. The highest BCUT2D eigenvalue weighted by Gasteiger charge is 2.21. The maximum absolute atomic E-state index is 5.71. The Morgan fingerprint density at radius 1 is 1.18 bits per heavy atom. The lowest BCUT2D eigenvalue weighted by atomic mass is 10.1. The first-order valence-corrected chi connectivity index (χ1v) is 9.04. The molecule has 5 heteroatoms. The van der Waals surface area contributed by atoms with Gasteiger partial charge in [-0.05, 0) is 52.2 Å². The predicted molar refractivity (Wildman–Crippen MR) is 94.6 cm³/mol. The lowest BCUT2D eigenvalue weighted by Gasteiger charge is -2.34. The molecule has 1 N–H and O–H groups in total. The van der Waals surface area contributed by atoms with Crippen molar-refractivity contribution in [2.45, 2.75) is 52.6 Å². The second kappa shape index (κ2) is 11.7. The Morgan fingerprint density at radius 2 is 1.86 bits per heavy atom. The molecule has 22 heavy (non-hydrogen) atoms. The van der Waals surface area contributed by atoms with Crippen LogP contribution in [0.5, 0.6) is 0 Å². The third-order valence-electron chi connectivity index (χ3n) is 4.43. The molecule has 0 radical (unpaired) electrons. The van der Waals surface area contributed by atoms with E-state index in [4.69, 9.17) is 4.74 Å². The topological polar surface area (TPSA) is 40.1 Å². The van der Waals surface area contributed by atoms with Gasteiger partial charge in [-0.15, -0.1) is 0 Å². The van der Waals surface area contributed by atoms with Gasteiger partial charge in [0.15, 0.2) is 5.96 Å². The fourth-order valence-corrected chi connectivity index (χ4v) is 3.00. The number of hydrogen-bond acceptors (Lipinski definition) is 3. The predicted octanol–water partition coefficient (Wildman–Crippen LogP) is 2.18. The summed E-state index contributed by atoms with van der Waals surface area (Å²) in [7, 11) is 1.88. The van der Waals surface area contributed by atoms with Crippen LogP contribution in [0.3, 0.4) is 0 Å². The molecular formula is C17H36N4O. The van der Waals surface area contributed by atoms with Gasteiger partial charge in [-0.3, -0.25) is 4.99 Å². The van der Waals surface area contributed by atoms with Crippen LogP contribution in [0.15, 0.2) is 4.99 Å². The van der Waals surface area contributed by atoms with E-state index in [0.29, 0.717) is 6.10 Å². The summed E-state index contributed by atoms with van der Waals surface area (Å²) >= 11 is 0. The minimum absolute atomic E-state index is 0.438. The zero-order valence-electron chi connectivity index (χ0n) is 15.1. The minimum atomic E-state index is 0.438. The van der Waals surface area contributed by atoms with E-state index in [0.717, 1.165) is 58.1 Å². The van der Waals surface area contributed by atoms with Gasteiger partial charge in [-0.25, -0.2) is 0 Å². The standard InChI is InChI=1S/C17H36N4O/c1-5-20(6-2)13-9-8-12-19-17(18-4)21-14-10-16(11-15-21)22-7-3/h16H,5-15H2,1-4H3,(H,18,19). The first kappa shape index (κ1) is 19.2. The van der Waals surface area contributed by atoms with Crippen molar-refractivity contribution in [1.29, 1.82) is 0 Å². The highest BCUT2D eigenvalue weighted by atomic mass is 16.5. The van der Waals surface area contributed by atoms with Crippen LogP contribution >= 0.6 is 0 Å². The maximum Gasteiger partial charge on any atom is 0.193 e. The second-order valence-electron chi connectivity index (χ2n) is 5.85. The summed E-state index contributed by atoms with van der Waals surface area (Å²) in [5, 5.41) is 3.51. The molecule has 1 aliphatic rings. The van der Waals surface area contributed by atoms with Crippen molar-refractivity contribution >= 4 is 5.96 Å². The molecule has 5 nitrogen and oxygen atoms in total. The van der Waals surface area contributed by atoms with Crippen molar-refractivity contribution in [2.75, 3.05) is 52.9 Å². The monoisotopic (exact) mass is 312 g/mol. The minimum Gasteiger partial charge on any atom is -0.378 e. The van der Waals surface area contributed by atoms with Crippen molar-refractivity contribution in [3.05, 3.63) is 0 Å². The quantitative estimate of drug-likeness (QED) is 0.402. The summed E-state index contributed by atoms with van der Waals surface area (Å²) in [6.45, 7) is 14.0. The van der Waals surface area contributed by atoms with E-state index >= 15 is 0 Å². The van der Waals surface area contributed by atoms with Crippen LogP contribution in [0.25, 0.3) is 0 Å². The highest BCUT2D eigenvalue weighted by molar-refractivity contribution is 5.79. The van der Waals surface area contributed by atoms with E-state index in [1.807, 2.05) is 7.05 Å². The van der Waals surface area contributed by atoms with Gasteiger partial charge < -0.3 is 19.9 Å². The van der Waals surface area contributed by atoms with E-state index in [9.17, 15) is 0 Å². The molecule has 130 valence electrons. The number of ether oxygens (including phenoxy) is 1. The molecule has 1 heterocycles. The molecule has 0 atom stereocenters. The Morgan fingerprint density at radius 3 is 2.41 bits per heavy atom. The van der Waals surface area contributed by atoms with E-state index in [2.05, 4.69) is 40.9 Å². The molecule has 1 aliphatic heterocycles. The van der Waals surface area contributed by atoms with Crippen LogP contribution in [0.2, 0.25) is 0 Å². The Hall–Kier alpha value is -0.810. The first-order chi connectivity index (χ1) is 10.7. The zero-order chi connectivity index (χ0) is 16.2. The zero-order valence-corrected chi connectivity index (χ0v) is 15.1. The molecule has 0 aromatic heterocycles. The van der Waals surface area contributed by atoms with Gasteiger partial charge in [0.25, 0.3) is 0 Å². The molecule has 0 aliphatic carbocycles. The number of hydrogen-bond donors (Lipinski definition) is 1. The molecular weight excluding hydrogens is 276 g/mol. The summed E-state index contributed by atoms with van der Waals surface area (Å²) in [5.74, 6) is 1.05. The summed E-state index contributed by atoms with van der Waals surface area (Å²) in [4.78, 5) is 9.27. The Bertz CT molecular complexity index is 297.